The number of carbonyl (C=O) groups is 5. The highest BCUT2D eigenvalue weighted by atomic mass is 128. The number of hydrogen-bond donors (Lipinski definition) is 4. The van der Waals surface area contributed by atoms with E-state index in [4.69, 9.17) is 26.5 Å². The molecule has 15 aliphatic rings. The number of anilines is 1. The van der Waals surface area contributed by atoms with Crippen LogP contribution in [0.25, 0.3) is 4.85 Å². The van der Waals surface area contributed by atoms with Crippen LogP contribution < -0.4 is 17.4 Å². The highest BCUT2D eigenvalue weighted by Gasteiger charge is 2.76. The fourth-order valence-electron chi connectivity index (χ4n) is 34.8. The number of aromatic nitrogens is 2. The number of nitrogen functional groups attached to an aromatic ring is 1. The molecule has 0 amide bonds. The third kappa shape index (κ3) is 15.9. The maximum atomic E-state index is 14.3. The molecule has 0 bridgehead atoms. The van der Waals surface area contributed by atoms with Crippen molar-refractivity contribution in [1.82, 2.24) is 10.2 Å². The molecule has 0 saturated heterocycles. The number of nitrogens with one attached hydrogen (secondary N) is 1. The van der Waals surface area contributed by atoms with Crippen LogP contribution in [0.1, 0.15) is 347 Å². The molecule has 3 aromatic carbocycles. The lowest BCUT2D eigenvalue weighted by atomic mass is 9.33. The van der Waals surface area contributed by atoms with Crippen LogP contribution in [0.3, 0.4) is 0 Å². The molecular formula is C113H157Br3I2N6O8. The summed E-state index contributed by atoms with van der Waals surface area (Å²) in [6, 6.07) is 29.8. The average Bonchev–Trinajstić information content (AvgIpc) is 0.733. The molecule has 132 heavy (non-hydrogen) atoms. The quantitative estimate of drug-likeness (QED) is 0.0307. The Bertz CT molecular complexity index is 5250. The van der Waals surface area contributed by atoms with E-state index in [-0.39, 0.29) is 123 Å². The largest absolute Gasteiger partial charge is 0.460 e. The maximum absolute atomic E-state index is 14.3. The minimum Gasteiger partial charge on any atom is -0.460 e. The summed E-state index contributed by atoms with van der Waals surface area (Å²) in [4.78, 5) is 73.3. The number of halogens is 5. The molecular weight excluding hydrogens is 2060 g/mol. The number of carbonyl (C=O) groups excluding carboxylic acids is 5. The first-order valence-electron chi connectivity index (χ1n) is 50.3. The van der Waals surface area contributed by atoms with E-state index in [1.165, 1.54) is 43.1 Å². The third-order valence-electron chi connectivity index (χ3n) is 42.7. The zero-order valence-electron chi connectivity index (χ0n) is 83.6. The van der Waals surface area contributed by atoms with Crippen molar-refractivity contribution in [2.45, 2.75) is 356 Å². The molecule has 11 fully saturated rings. The highest BCUT2D eigenvalue weighted by Crippen LogP contribution is 2.82. The lowest BCUT2D eigenvalue weighted by Gasteiger charge is -2.71. The second-order valence-electron chi connectivity index (χ2n) is 51.1. The Morgan fingerprint density at radius 3 is 1.09 bits per heavy atom. The van der Waals surface area contributed by atoms with Gasteiger partial charge in [-0.15, -0.1) is 0 Å². The molecule has 0 spiro atoms. The van der Waals surface area contributed by atoms with Gasteiger partial charge in [0, 0.05) is 77.6 Å². The van der Waals surface area contributed by atoms with E-state index in [0.717, 1.165) is 171 Å². The Morgan fingerprint density at radius 2 is 0.742 bits per heavy atom. The van der Waals surface area contributed by atoms with Crippen molar-refractivity contribution in [3.63, 3.8) is 0 Å². The first-order valence-corrected chi connectivity index (χ1v) is 59.0. The monoisotopic (exact) mass is 2220 g/mol. The Hall–Kier alpha value is -4.05. The van der Waals surface area contributed by atoms with Gasteiger partial charge in [0.05, 0.1) is 16.2 Å². The lowest BCUT2D eigenvalue weighted by Crippen LogP contribution is -2.66. The molecule has 10 unspecified atom stereocenters. The van der Waals surface area contributed by atoms with Crippen LogP contribution in [0.15, 0.2) is 121 Å². The van der Waals surface area contributed by atoms with E-state index < -0.39 is 27.7 Å². The normalized spacial score (nSPS) is 40.8. The van der Waals surface area contributed by atoms with E-state index in [2.05, 4.69) is 269 Å². The number of nitrogens with two attached hydrogens (primary N) is 3. The number of ketones is 2. The Labute approximate surface area is 840 Å². The molecule has 4 aromatic rings. The minimum absolute atomic E-state index is 0.0103. The number of Topliss-reactive ketones (excluding diaryl/α,β-unsaturated/α-hetero) is 2. The Balaban J connectivity index is 0.000000149. The third-order valence-corrected chi connectivity index (χ3v) is 45.0. The van der Waals surface area contributed by atoms with Crippen LogP contribution in [-0.4, -0.2) is 45.7 Å². The number of esters is 3. The first-order chi connectivity index (χ1) is 61.8. The van der Waals surface area contributed by atoms with Crippen LogP contribution in [0.4, 0.5) is 5.82 Å². The molecule has 1 heterocycles. The van der Waals surface area contributed by atoms with Gasteiger partial charge in [0.25, 0.3) is 6.04 Å². The summed E-state index contributed by atoms with van der Waals surface area (Å²) >= 11 is 17.0. The van der Waals surface area contributed by atoms with E-state index in [1.54, 1.807) is 11.1 Å². The van der Waals surface area contributed by atoms with Gasteiger partial charge in [-0.2, -0.15) is 5.10 Å². The first kappa shape index (κ1) is 102. The molecule has 11 saturated carbocycles. The molecule has 722 valence electrons. The van der Waals surface area contributed by atoms with E-state index >= 15 is 0 Å². The van der Waals surface area contributed by atoms with Gasteiger partial charge in [0.2, 0.25) is 5.78 Å². The van der Waals surface area contributed by atoms with Crippen LogP contribution in [-0.2, 0) is 69.8 Å². The van der Waals surface area contributed by atoms with Gasteiger partial charge in [-0.05, 0) is 332 Å². The Morgan fingerprint density at radius 1 is 0.424 bits per heavy atom. The van der Waals surface area contributed by atoms with Gasteiger partial charge in [0.1, 0.15) is 31.4 Å². The van der Waals surface area contributed by atoms with Gasteiger partial charge in [-0.25, -0.2) is 6.57 Å². The Kier molecular flexibility index (Phi) is 27.8. The molecule has 0 radical (unpaired) electrons. The fraction of sp³-hybridized carbons (Fsp3) is 0.708. The summed E-state index contributed by atoms with van der Waals surface area (Å²) in [5, 5.41) is 7.85. The molecule has 15 aliphatic carbocycles. The number of hydrazine groups is 1. The number of nitrogens with zero attached hydrogens (tertiary/aromatic N) is 2. The van der Waals surface area contributed by atoms with Crippen LogP contribution >= 0.6 is 85.0 Å². The molecule has 7 N–H and O–H groups in total. The standard InChI is InChI=1S/C38H52BrN3O2.C38H50BrNO3.C37H51BrO3.I2.H4N2/c1-33(2)15-17-38(32(43)44-22-23-11-9-8-10-12-23)18-16-37(7)29(25(38)21-33)26(39)19-28-35(5)20-24-30(41-42-31(24)40)34(3,4)27(35)13-14-36(28,37)6;1-33(2)16-18-38(32(42)43-23-24-12-10-9-11-13-24)19-17-37(7)30(25(38)21-33)26(39)20-29-35(5)22-27(40-8)31(41)34(3,4)28(35)14-15-36(29,37)6;1-32(2)17-19-37(31(40)41-23-24-11-9-8-10-12-24)20-18-36(7)30(25(37)22-32)26(38)21-28-34(5)15-14-29(39)33(3,4)27(34)13-16-35(28,36)6;2*1-2/h8-12,25,27-28H,13-22H2,1-7H3,(H3,40,41,42);9-13,25,27-29H,14-23H2,1-7H3;8-12,25,27-28H,13-23H2,1-7H3;;1-2H2/t25?,27?,28?,35-,36+,37+,38-;25?,27?,28?,29?,35-,36+,37+,38-;25?,27?,28?,34-,35+,36+,37-;;/m000../s1. The molecule has 14 nitrogen and oxygen atoms in total. The van der Waals surface area contributed by atoms with E-state index in [1.807, 2.05) is 78.9 Å². The molecule has 22 atom stereocenters. The van der Waals surface area contributed by atoms with Crippen molar-refractivity contribution in [2.75, 3.05) is 5.73 Å². The van der Waals surface area contributed by atoms with Crippen molar-refractivity contribution >= 4 is 120 Å². The summed E-state index contributed by atoms with van der Waals surface area (Å²) in [7, 11) is 0. The van der Waals surface area contributed by atoms with Gasteiger partial charge in [-0.3, -0.25) is 40.8 Å². The number of fused-ring (bicyclic) bond motifs is 22. The zero-order valence-corrected chi connectivity index (χ0v) is 92.7. The molecule has 0 aliphatic heterocycles. The van der Waals surface area contributed by atoms with Crippen molar-refractivity contribution in [3.05, 3.63) is 161 Å². The number of rotatable bonds is 9. The number of hydrogen-bond acceptors (Lipinski definition) is 12. The van der Waals surface area contributed by atoms with Crippen molar-refractivity contribution in [1.29, 1.82) is 0 Å². The molecule has 19 rings (SSSR count). The number of ether oxygens (including phenoxy) is 3. The second kappa shape index (κ2) is 35.9. The number of aromatic amines is 1. The van der Waals surface area contributed by atoms with Gasteiger partial charge in [-0.1, -0.05) is 284 Å². The number of allylic oxidation sites excluding steroid dienone is 6. The van der Waals surface area contributed by atoms with E-state index in [9.17, 15) is 24.0 Å². The summed E-state index contributed by atoms with van der Waals surface area (Å²) in [6.07, 6.45) is 27.8. The van der Waals surface area contributed by atoms with Crippen LogP contribution in [0, 0.1) is 152 Å². The van der Waals surface area contributed by atoms with Crippen molar-refractivity contribution < 1.29 is 38.2 Å². The SMILES string of the molecule is CC1(C)CC[C@]2(C(=O)OCc3ccccc3)CC[C@]3(C)C(=C(Br)CC4[C@@]5(C)CCC(=O)C(C)(C)C5CC[C@]43C)C2C1.CC1(C)CC[C@]2(C(=O)OCc3ccccc3)CC[C@]3(C)C(=C(Br)CC4[C@@]5(C)Cc6c(N)n[nH]c6C(C)(C)C5CC[C@]43C)C2C1.II.NN.[C-]#[N+]C1C[C@@]2(C)C(CC[C@]3(C)C2CC(Br)=C2C4CC(C)(C)CC[C@]4(C(=O)OCc4ccccc4)CC[C@]23C)C(C)(C)C1=O. The summed E-state index contributed by atoms with van der Waals surface area (Å²) < 4.78 is 22.6. The smallest absolute Gasteiger partial charge is 0.313 e. The lowest BCUT2D eigenvalue weighted by molar-refractivity contribution is -0.192. The van der Waals surface area contributed by atoms with E-state index in [0.29, 0.717) is 73.9 Å². The maximum Gasteiger partial charge on any atom is 0.313 e. The van der Waals surface area contributed by atoms with Gasteiger partial charge < -0.3 is 24.8 Å². The summed E-state index contributed by atoms with van der Waals surface area (Å²) in [5.41, 5.74) is 15.6. The topological polar surface area (TPSA) is 224 Å². The molecule has 19 heteroatoms. The number of H-pyrrole nitrogens is 1. The second-order valence-corrected chi connectivity index (χ2v) is 54.0. The predicted molar refractivity (Wildman–Crippen MR) is 558 cm³/mol. The molecule has 1 aromatic heterocycles. The van der Waals surface area contributed by atoms with Crippen molar-refractivity contribution in [3.8, 4) is 0 Å². The summed E-state index contributed by atoms with van der Waals surface area (Å²) in [6.45, 7) is 59.7. The van der Waals surface area contributed by atoms with Crippen LogP contribution in [0.5, 0.6) is 0 Å². The van der Waals surface area contributed by atoms with Crippen LogP contribution in [0.2, 0.25) is 0 Å². The minimum atomic E-state index is -0.548. The highest BCUT2D eigenvalue weighted by molar-refractivity contribution is 15.0. The fourth-order valence-corrected chi connectivity index (χ4v) is 37.9. The summed E-state index contributed by atoms with van der Waals surface area (Å²) in [5.74, 6) is 12.5. The predicted octanol–water partition coefficient (Wildman–Crippen LogP) is 29.4. The number of benzene rings is 3. The van der Waals surface area contributed by atoms with Gasteiger partial charge >= 0.3 is 17.9 Å². The zero-order chi connectivity index (χ0) is 96.4. The average molecular weight is 2220 g/mol. The van der Waals surface area contributed by atoms with Gasteiger partial charge in [0.15, 0.2) is 0 Å². The van der Waals surface area contributed by atoms with Crippen molar-refractivity contribution in [2.24, 2.45) is 157 Å².